The molecule has 52 heavy (non-hydrogen) atoms. The highest BCUT2D eigenvalue weighted by atomic mass is 35.5. The predicted octanol–water partition coefficient (Wildman–Crippen LogP) is 2.41. The van der Waals surface area contributed by atoms with Gasteiger partial charge >= 0.3 is 18.4 Å². The zero-order valence-electron chi connectivity index (χ0n) is 28.2. The molecule has 0 radical (unpaired) electrons. The molecule has 17 heteroatoms. The van der Waals surface area contributed by atoms with Crippen LogP contribution in [0, 0.1) is 29.9 Å². The third-order valence-corrected chi connectivity index (χ3v) is 8.92. The number of rotatable bonds is 13. The van der Waals surface area contributed by atoms with E-state index in [0.717, 1.165) is 29.3 Å². The van der Waals surface area contributed by atoms with Gasteiger partial charge in [-0.1, -0.05) is 36.8 Å². The fraction of sp³-hybridized carbons (Fsp3) is 0.257. The minimum atomic E-state index is -2.02. The quantitative estimate of drug-likeness (QED) is 0.104. The number of nitrogens with one attached hydrogen (secondary N) is 3. The monoisotopic (exact) mass is 773 g/mol. The molecule has 2 aromatic heterocycles. The molecule has 4 N–H and O–H groups in total. The Morgan fingerprint density at radius 3 is 2.58 bits per heavy atom. The van der Waals surface area contributed by atoms with Crippen molar-refractivity contribution < 1.29 is 50.0 Å². The summed E-state index contributed by atoms with van der Waals surface area (Å²) in [5.74, 6) is -2.62. The van der Waals surface area contributed by atoms with Gasteiger partial charge in [0.1, 0.15) is 30.4 Å². The summed E-state index contributed by atoms with van der Waals surface area (Å²) in [6.07, 6.45) is 0.543. The molecule has 0 saturated heterocycles. The number of H-pyrrole nitrogens is 1. The summed E-state index contributed by atoms with van der Waals surface area (Å²) in [6, 6.07) is 17.0. The number of halogens is 4. The zero-order valence-corrected chi connectivity index (χ0v) is 30.5. The Morgan fingerprint density at radius 2 is 1.87 bits per heavy atom. The summed E-state index contributed by atoms with van der Waals surface area (Å²) in [4.78, 5) is 33.4. The third kappa shape index (κ3) is 10.1. The molecule has 0 aliphatic carbocycles. The van der Waals surface area contributed by atoms with Crippen LogP contribution in [0.5, 0.6) is 0 Å². The maximum atomic E-state index is 15.3. The van der Waals surface area contributed by atoms with Crippen LogP contribution in [0.15, 0.2) is 72.4 Å². The lowest BCUT2D eigenvalue weighted by Gasteiger charge is -2.32. The lowest BCUT2D eigenvalue weighted by molar-refractivity contribution is -0.765. The van der Waals surface area contributed by atoms with Gasteiger partial charge in [-0.15, -0.1) is 23.7 Å². The smallest absolute Gasteiger partial charge is 0.412 e. The number of amides is 1. The maximum Gasteiger partial charge on any atom is 0.412 e. The van der Waals surface area contributed by atoms with Crippen molar-refractivity contribution in [3.63, 3.8) is 0 Å². The lowest BCUT2D eigenvalue weighted by Crippen LogP contribution is -3.00. The van der Waals surface area contributed by atoms with E-state index in [1.807, 2.05) is 6.92 Å². The number of carbonyl (C=O) groups excluding carboxylic acids is 2. The van der Waals surface area contributed by atoms with Crippen molar-refractivity contribution in [3.8, 4) is 17.3 Å². The number of nitriles is 1. The summed E-state index contributed by atoms with van der Waals surface area (Å²) < 4.78 is 41.7. The van der Waals surface area contributed by atoms with E-state index in [1.54, 1.807) is 61.8 Å². The van der Waals surface area contributed by atoms with Crippen LogP contribution in [0.3, 0.4) is 0 Å². The van der Waals surface area contributed by atoms with E-state index in [9.17, 15) is 19.1 Å². The Hall–Kier alpha value is -4.98. The molecule has 2 atom stereocenters. The second kappa shape index (κ2) is 18.5. The molecule has 3 aromatic carbocycles. The zero-order chi connectivity index (χ0) is 35.8. The highest BCUT2D eigenvalue weighted by Crippen LogP contribution is 2.41. The van der Waals surface area contributed by atoms with Gasteiger partial charge in [0.05, 0.1) is 34.6 Å². The molecule has 5 aromatic rings. The summed E-state index contributed by atoms with van der Waals surface area (Å²) in [5.41, 5.74) is 1.43. The number of esters is 1. The topological polar surface area (TPSA) is 166 Å². The Morgan fingerprint density at radius 1 is 1.12 bits per heavy atom. The first kappa shape index (κ1) is 41.4. The molecule has 0 saturated carbocycles. The Labute approximate surface area is 314 Å². The number of hydrogen-bond acceptors (Lipinski definition) is 10. The van der Waals surface area contributed by atoms with Gasteiger partial charge in [0.2, 0.25) is 0 Å². The van der Waals surface area contributed by atoms with Gasteiger partial charge in [0.25, 0.3) is 5.82 Å². The van der Waals surface area contributed by atoms with Crippen molar-refractivity contribution >= 4 is 41.5 Å². The van der Waals surface area contributed by atoms with Crippen LogP contribution in [0.2, 0.25) is 0 Å². The van der Waals surface area contributed by atoms with Crippen LogP contribution >= 0.6 is 23.7 Å². The summed E-state index contributed by atoms with van der Waals surface area (Å²) >= 11 is 1.25. The number of thiazole rings is 1. The molecule has 0 bridgehead atoms. The van der Waals surface area contributed by atoms with Crippen molar-refractivity contribution in [3.05, 3.63) is 117 Å². The molecule has 0 aliphatic rings. The van der Waals surface area contributed by atoms with E-state index in [2.05, 4.69) is 31.8 Å². The highest BCUT2D eigenvalue weighted by molar-refractivity contribution is 7.10. The highest BCUT2D eigenvalue weighted by Gasteiger charge is 2.43. The molecular formula is C35H35Cl2F2N7O5S. The van der Waals surface area contributed by atoms with Crippen LogP contribution in [-0.2, 0) is 39.6 Å². The fourth-order valence-corrected chi connectivity index (χ4v) is 6.16. The van der Waals surface area contributed by atoms with Gasteiger partial charge < -0.3 is 32.3 Å². The van der Waals surface area contributed by atoms with Crippen molar-refractivity contribution in [2.45, 2.75) is 45.1 Å². The van der Waals surface area contributed by atoms with Crippen LogP contribution in [0.1, 0.15) is 45.9 Å². The van der Waals surface area contributed by atoms with Crippen LogP contribution in [-0.4, -0.2) is 45.8 Å². The van der Waals surface area contributed by atoms with Gasteiger partial charge in [-0.05, 0) is 55.4 Å². The number of anilines is 1. The average Bonchev–Trinajstić information content (AvgIpc) is 3.78. The first-order valence-electron chi connectivity index (χ1n) is 15.4. The van der Waals surface area contributed by atoms with Gasteiger partial charge in [-0.2, -0.15) is 15.0 Å². The maximum absolute atomic E-state index is 15.3. The molecule has 5 rings (SSSR count). The number of aromatic amines is 1. The van der Waals surface area contributed by atoms with E-state index in [1.165, 1.54) is 22.3 Å². The second-order valence-corrected chi connectivity index (χ2v) is 12.4. The lowest BCUT2D eigenvalue weighted by atomic mass is 9.82. The number of likely N-dealkylation sites (N-methyl/N-ethyl adjacent to an activating group) is 1. The fourth-order valence-electron chi connectivity index (χ4n) is 5.19. The number of carbonyl (C=O) groups is 2. The van der Waals surface area contributed by atoms with E-state index >= 15 is 4.39 Å². The van der Waals surface area contributed by atoms with Crippen LogP contribution < -0.4 is 27.7 Å². The van der Waals surface area contributed by atoms with Crippen LogP contribution in [0.4, 0.5) is 19.3 Å². The minimum absolute atomic E-state index is 0. The summed E-state index contributed by atoms with van der Waals surface area (Å²) in [6.45, 7) is 2.93. The number of nitrogens with zero attached hydrogens (tertiary/aromatic N) is 4. The molecule has 0 fully saturated rings. The SMILES string of the molecule is CNCC(=O)OCc1cc(C)ccc1NC(=O)OCc1nc[n+](C[C@](O)(c2cc(F)ccc2F)[C@@H](C)c2nc(-c3ccc(C#N)cc3)cs2)[nH]1.Cl.[Cl-]. The average molecular weight is 775 g/mol. The van der Waals surface area contributed by atoms with Crippen molar-refractivity contribution in [1.29, 1.82) is 5.26 Å². The number of hydrogen-bond donors (Lipinski definition) is 4. The van der Waals surface area contributed by atoms with Crippen molar-refractivity contribution in [1.82, 2.24) is 20.4 Å². The molecule has 12 nitrogen and oxygen atoms in total. The Bertz CT molecular complexity index is 2040. The minimum Gasteiger partial charge on any atom is -1.00 e. The van der Waals surface area contributed by atoms with E-state index in [4.69, 9.17) is 14.7 Å². The molecule has 1 amide bonds. The van der Waals surface area contributed by atoms with Crippen LogP contribution in [0.25, 0.3) is 11.3 Å². The molecular weight excluding hydrogens is 739 g/mol. The van der Waals surface area contributed by atoms with Gasteiger partial charge in [0, 0.05) is 28.0 Å². The first-order chi connectivity index (χ1) is 24.0. The number of aliphatic hydroxyl groups is 1. The molecule has 274 valence electrons. The number of benzene rings is 3. The first-order valence-corrected chi connectivity index (χ1v) is 16.3. The second-order valence-electron chi connectivity index (χ2n) is 11.5. The Balaban J connectivity index is 0.00000364. The summed E-state index contributed by atoms with van der Waals surface area (Å²) in [7, 11) is 1.63. The standard InChI is InChI=1S/C35H33F2N7O5S.2ClH/c1-21-4-11-29(25(12-21)16-48-32(45)15-39-3)42-34(46)49-17-31-40-20-44(43-31)19-35(47,27-13-26(36)9-10-28(27)37)22(2)33-41-30(18-50-33)24-7-5-23(14-38)6-8-24;;/h4-13,18,20,22,39,47H,15-17,19H2,1-3H3,(H,42,46);2*1H/t22-,35+;;/m0../s1. The van der Waals surface area contributed by atoms with Crippen molar-refractivity contribution in [2.24, 2.45) is 0 Å². The normalized spacial score (nSPS) is 12.3. The van der Waals surface area contributed by atoms with Gasteiger partial charge in [-0.25, -0.2) is 18.6 Å². The number of ether oxygens (including phenoxy) is 2. The Kier molecular flexibility index (Phi) is 14.7. The van der Waals surface area contributed by atoms with E-state index in [-0.39, 0.29) is 62.5 Å². The summed E-state index contributed by atoms with van der Waals surface area (Å²) in [5, 5.41) is 31.8. The van der Waals surface area contributed by atoms with Crippen molar-refractivity contribution in [2.75, 3.05) is 18.9 Å². The van der Waals surface area contributed by atoms with Gasteiger partial charge in [-0.3, -0.25) is 10.1 Å². The molecule has 0 spiro atoms. The predicted molar refractivity (Wildman–Crippen MR) is 186 cm³/mol. The molecule has 0 aliphatic heterocycles. The molecule has 2 heterocycles. The van der Waals surface area contributed by atoms with E-state index in [0.29, 0.717) is 27.5 Å². The number of aromatic nitrogens is 4. The molecule has 0 unspecified atom stereocenters. The van der Waals surface area contributed by atoms with Gasteiger partial charge in [0.15, 0.2) is 6.61 Å². The number of aryl methyl sites for hydroxylation is 1. The van der Waals surface area contributed by atoms with E-state index < -0.39 is 35.2 Å². The largest absolute Gasteiger partial charge is 1.00 e. The third-order valence-electron chi connectivity index (χ3n) is 7.90.